The predicted octanol–water partition coefficient (Wildman–Crippen LogP) is 4.32. The van der Waals surface area contributed by atoms with Crippen LogP contribution in [0.15, 0.2) is 36.4 Å². The second-order valence-electron chi connectivity index (χ2n) is 6.03. The number of rotatable bonds is 6. The van der Waals surface area contributed by atoms with Gasteiger partial charge in [0.25, 0.3) is 11.6 Å². The van der Waals surface area contributed by atoms with Crippen LogP contribution in [0, 0.1) is 30.9 Å². The normalized spacial score (nSPS) is 11.7. The molecule has 2 aromatic carbocycles. The van der Waals surface area contributed by atoms with E-state index >= 15 is 0 Å². The number of carbonyl (C=O) groups excluding carboxylic acids is 1. The van der Waals surface area contributed by atoms with Gasteiger partial charge in [0.2, 0.25) is 0 Å². The minimum Gasteiger partial charge on any atom is -0.481 e. The molecule has 0 fully saturated rings. The molecule has 6 heteroatoms. The Labute approximate surface area is 147 Å². The SMILES string of the molecule is CC[C@H](Oc1cc(C)cc(C)c1)C(=O)Nc1cccc([N+](=O)[O-])c1C. The van der Waals surface area contributed by atoms with Crippen molar-refractivity contribution in [3.05, 3.63) is 63.2 Å². The Morgan fingerprint density at radius 1 is 1.20 bits per heavy atom. The number of nitro groups is 1. The second-order valence-corrected chi connectivity index (χ2v) is 6.03. The monoisotopic (exact) mass is 342 g/mol. The quantitative estimate of drug-likeness (QED) is 0.626. The van der Waals surface area contributed by atoms with Crippen LogP contribution in [0.2, 0.25) is 0 Å². The van der Waals surface area contributed by atoms with Crippen LogP contribution >= 0.6 is 0 Å². The first-order valence-electron chi connectivity index (χ1n) is 8.11. The first-order chi connectivity index (χ1) is 11.8. The van der Waals surface area contributed by atoms with E-state index in [0.717, 1.165) is 11.1 Å². The lowest BCUT2D eigenvalue weighted by Gasteiger charge is -2.18. The van der Waals surface area contributed by atoms with E-state index in [-0.39, 0.29) is 11.6 Å². The van der Waals surface area contributed by atoms with Crippen LogP contribution in [0.5, 0.6) is 5.75 Å². The predicted molar refractivity (Wildman–Crippen MR) is 97.1 cm³/mol. The molecule has 2 rings (SSSR count). The average Bonchev–Trinajstić information content (AvgIpc) is 2.53. The highest BCUT2D eigenvalue weighted by molar-refractivity contribution is 5.95. The third kappa shape index (κ3) is 4.56. The summed E-state index contributed by atoms with van der Waals surface area (Å²) in [6.07, 6.45) is -0.202. The van der Waals surface area contributed by atoms with E-state index in [1.54, 1.807) is 19.1 Å². The van der Waals surface area contributed by atoms with Gasteiger partial charge in [-0.1, -0.05) is 19.1 Å². The van der Waals surface area contributed by atoms with E-state index in [9.17, 15) is 14.9 Å². The lowest BCUT2D eigenvalue weighted by molar-refractivity contribution is -0.385. The van der Waals surface area contributed by atoms with Crippen molar-refractivity contribution in [2.75, 3.05) is 5.32 Å². The van der Waals surface area contributed by atoms with Crippen LogP contribution in [-0.4, -0.2) is 16.9 Å². The number of nitro benzene ring substituents is 1. The Morgan fingerprint density at radius 2 is 1.84 bits per heavy atom. The average molecular weight is 342 g/mol. The molecule has 1 N–H and O–H groups in total. The van der Waals surface area contributed by atoms with Gasteiger partial charge in [-0.05, 0) is 56.5 Å². The molecule has 132 valence electrons. The molecule has 0 aliphatic carbocycles. The molecule has 0 unspecified atom stereocenters. The van der Waals surface area contributed by atoms with Crippen molar-refractivity contribution in [3.8, 4) is 5.75 Å². The number of hydrogen-bond acceptors (Lipinski definition) is 4. The van der Waals surface area contributed by atoms with Crippen LogP contribution in [-0.2, 0) is 4.79 Å². The van der Waals surface area contributed by atoms with Gasteiger partial charge >= 0.3 is 0 Å². The zero-order valence-electron chi connectivity index (χ0n) is 14.8. The standard InChI is InChI=1S/C19H22N2O4/c1-5-18(25-15-10-12(2)9-13(3)11-15)19(22)20-16-7-6-8-17(14(16)4)21(23)24/h6-11,18H,5H2,1-4H3,(H,20,22)/t18-/m0/s1. The van der Waals surface area contributed by atoms with Gasteiger partial charge in [-0.2, -0.15) is 0 Å². The van der Waals surface area contributed by atoms with Crippen molar-refractivity contribution in [1.82, 2.24) is 0 Å². The summed E-state index contributed by atoms with van der Waals surface area (Å²) in [5, 5.41) is 13.8. The van der Waals surface area contributed by atoms with Crippen LogP contribution in [0.3, 0.4) is 0 Å². The smallest absolute Gasteiger partial charge is 0.274 e. The number of amides is 1. The molecule has 1 atom stereocenters. The molecule has 0 spiro atoms. The van der Waals surface area contributed by atoms with E-state index in [1.807, 2.05) is 39.0 Å². The van der Waals surface area contributed by atoms with Gasteiger partial charge in [-0.3, -0.25) is 14.9 Å². The Morgan fingerprint density at radius 3 is 2.40 bits per heavy atom. The van der Waals surface area contributed by atoms with E-state index in [1.165, 1.54) is 6.07 Å². The van der Waals surface area contributed by atoms with Crippen molar-refractivity contribution in [2.24, 2.45) is 0 Å². The molecule has 2 aromatic rings. The number of nitrogens with zero attached hydrogens (tertiary/aromatic N) is 1. The van der Waals surface area contributed by atoms with Gasteiger partial charge in [0, 0.05) is 6.07 Å². The highest BCUT2D eigenvalue weighted by Gasteiger charge is 2.21. The van der Waals surface area contributed by atoms with Crippen LogP contribution in [0.1, 0.15) is 30.0 Å². The molecule has 0 aliphatic heterocycles. The summed E-state index contributed by atoms with van der Waals surface area (Å²) < 4.78 is 5.83. The topological polar surface area (TPSA) is 81.5 Å². The maximum absolute atomic E-state index is 12.5. The highest BCUT2D eigenvalue weighted by Crippen LogP contribution is 2.26. The highest BCUT2D eigenvalue weighted by atomic mass is 16.6. The first-order valence-corrected chi connectivity index (χ1v) is 8.11. The lowest BCUT2D eigenvalue weighted by Crippen LogP contribution is -2.32. The Hall–Kier alpha value is -2.89. The van der Waals surface area contributed by atoms with Crippen molar-refractivity contribution < 1.29 is 14.5 Å². The number of nitrogens with one attached hydrogen (secondary N) is 1. The molecule has 0 saturated heterocycles. The fraction of sp³-hybridized carbons (Fsp3) is 0.316. The molecule has 0 bridgehead atoms. The molecular formula is C19H22N2O4. The number of hydrogen-bond donors (Lipinski definition) is 1. The van der Waals surface area contributed by atoms with E-state index < -0.39 is 11.0 Å². The maximum atomic E-state index is 12.5. The third-order valence-corrected chi connectivity index (χ3v) is 3.90. The number of ether oxygens (including phenoxy) is 1. The van der Waals surface area contributed by atoms with E-state index in [0.29, 0.717) is 23.4 Å². The molecule has 25 heavy (non-hydrogen) atoms. The van der Waals surface area contributed by atoms with E-state index in [4.69, 9.17) is 4.74 Å². The number of carbonyl (C=O) groups is 1. The van der Waals surface area contributed by atoms with Crippen LogP contribution in [0.4, 0.5) is 11.4 Å². The molecule has 0 saturated carbocycles. The number of anilines is 1. The van der Waals surface area contributed by atoms with Gasteiger partial charge in [-0.15, -0.1) is 0 Å². The molecular weight excluding hydrogens is 320 g/mol. The molecule has 0 aromatic heterocycles. The van der Waals surface area contributed by atoms with Gasteiger partial charge in [0.15, 0.2) is 6.10 Å². The molecule has 1 amide bonds. The lowest BCUT2D eigenvalue weighted by atomic mass is 10.1. The fourth-order valence-corrected chi connectivity index (χ4v) is 2.66. The summed E-state index contributed by atoms with van der Waals surface area (Å²) in [6.45, 7) is 7.40. The Kier molecular flexibility index (Phi) is 5.75. The van der Waals surface area contributed by atoms with Gasteiger partial charge in [0.05, 0.1) is 16.2 Å². The first kappa shape index (κ1) is 18.4. The summed E-state index contributed by atoms with van der Waals surface area (Å²) in [7, 11) is 0. The van der Waals surface area contributed by atoms with Gasteiger partial charge in [0.1, 0.15) is 5.75 Å². The summed E-state index contributed by atoms with van der Waals surface area (Å²) in [5.41, 5.74) is 2.92. The molecule has 0 radical (unpaired) electrons. The fourth-order valence-electron chi connectivity index (χ4n) is 2.66. The number of aryl methyl sites for hydroxylation is 2. The second kappa shape index (κ2) is 7.79. The zero-order chi connectivity index (χ0) is 18.6. The maximum Gasteiger partial charge on any atom is 0.274 e. The van der Waals surface area contributed by atoms with Crippen molar-refractivity contribution >= 4 is 17.3 Å². The summed E-state index contributed by atoms with van der Waals surface area (Å²) in [6, 6.07) is 10.4. The Balaban J connectivity index is 2.18. The summed E-state index contributed by atoms with van der Waals surface area (Å²) in [4.78, 5) is 23.1. The minimum atomic E-state index is -0.681. The van der Waals surface area contributed by atoms with E-state index in [2.05, 4.69) is 5.32 Å². The third-order valence-electron chi connectivity index (χ3n) is 3.90. The molecule has 0 aliphatic rings. The summed E-state index contributed by atoms with van der Waals surface area (Å²) in [5.74, 6) is 0.306. The molecule has 6 nitrogen and oxygen atoms in total. The summed E-state index contributed by atoms with van der Waals surface area (Å²) >= 11 is 0. The van der Waals surface area contributed by atoms with Gasteiger partial charge in [-0.25, -0.2) is 0 Å². The number of benzene rings is 2. The van der Waals surface area contributed by atoms with Crippen molar-refractivity contribution in [2.45, 2.75) is 40.2 Å². The van der Waals surface area contributed by atoms with Crippen LogP contribution in [0.25, 0.3) is 0 Å². The largest absolute Gasteiger partial charge is 0.481 e. The minimum absolute atomic E-state index is 0.0268. The zero-order valence-corrected chi connectivity index (χ0v) is 14.8. The molecule has 0 heterocycles. The van der Waals surface area contributed by atoms with Crippen molar-refractivity contribution in [1.29, 1.82) is 0 Å². The van der Waals surface area contributed by atoms with Gasteiger partial charge < -0.3 is 10.1 Å². The van der Waals surface area contributed by atoms with Crippen molar-refractivity contribution in [3.63, 3.8) is 0 Å². The Bertz CT molecular complexity index is 782. The van der Waals surface area contributed by atoms with Crippen LogP contribution < -0.4 is 10.1 Å².